The maximum atomic E-state index is 12.9. The molecule has 3 rings (SSSR count). The van der Waals surface area contributed by atoms with Gasteiger partial charge in [0.15, 0.2) is 0 Å². The summed E-state index contributed by atoms with van der Waals surface area (Å²) < 4.78 is 1.35. The Kier molecular flexibility index (Phi) is 6.27. The monoisotopic (exact) mass is 447 g/mol. The molecule has 7 heteroatoms. The first-order valence-electron chi connectivity index (χ1n) is 9.49. The Bertz CT molecular complexity index is 1180. The van der Waals surface area contributed by atoms with Crippen LogP contribution in [0, 0.1) is 5.41 Å². The van der Waals surface area contributed by atoms with Crippen LogP contribution in [0.15, 0.2) is 47.4 Å². The molecule has 1 aromatic carbocycles. The summed E-state index contributed by atoms with van der Waals surface area (Å²) in [5, 5.41) is 20.5. The van der Waals surface area contributed by atoms with Crippen LogP contribution in [0.2, 0.25) is 10.0 Å². The fraction of sp³-hybridized carbons (Fsp3) is 0.304. The molecule has 0 fully saturated rings. The zero-order chi connectivity index (χ0) is 22.2. The Balaban J connectivity index is 2.23. The van der Waals surface area contributed by atoms with E-state index in [2.05, 4.69) is 0 Å². The predicted octanol–water partition coefficient (Wildman–Crippen LogP) is 5.02. The van der Waals surface area contributed by atoms with E-state index in [0.29, 0.717) is 27.5 Å². The third-order valence-corrected chi connectivity index (χ3v) is 6.17. The largest absolute Gasteiger partial charge is 0.477 e. The quantitative estimate of drug-likeness (QED) is 0.575. The lowest BCUT2D eigenvalue weighted by Crippen LogP contribution is -2.28. The zero-order valence-corrected chi connectivity index (χ0v) is 18.5. The number of hydrogen-bond donors (Lipinski definition) is 2. The molecule has 30 heavy (non-hydrogen) atoms. The molecule has 158 valence electrons. The van der Waals surface area contributed by atoms with Gasteiger partial charge in [-0.1, -0.05) is 62.2 Å². The summed E-state index contributed by atoms with van der Waals surface area (Å²) in [5.74, 6) is -1.65. The van der Waals surface area contributed by atoms with Gasteiger partial charge >= 0.3 is 5.97 Å². The SMILES string of the molecule is CC(C)(C)[C@@H](CO)c1cc(C(=O)O)c(=O)n2cc(Cc3cccc(Cl)c3Cl)ccc12. The number of nitrogens with zero attached hydrogens (tertiary/aromatic N) is 1. The molecule has 0 aliphatic rings. The van der Waals surface area contributed by atoms with Crippen LogP contribution in [0.1, 0.15) is 53.7 Å². The number of rotatable bonds is 5. The summed E-state index contributed by atoms with van der Waals surface area (Å²) >= 11 is 12.4. The van der Waals surface area contributed by atoms with Crippen molar-refractivity contribution in [2.45, 2.75) is 33.1 Å². The van der Waals surface area contributed by atoms with Crippen molar-refractivity contribution in [2.75, 3.05) is 6.61 Å². The molecule has 0 saturated carbocycles. The summed E-state index contributed by atoms with van der Waals surface area (Å²) in [7, 11) is 0. The number of carboxylic acid groups (broad SMARTS) is 1. The molecular weight excluding hydrogens is 425 g/mol. The summed E-state index contributed by atoms with van der Waals surface area (Å²) in [5.41, 5.74) is 1.48. The van der Waals surface area contributed by atoms with Crippen molar-refractivity contribution in [1.82, 2.24) is 4.40 Å². The van der Waals surface area contributed by atoms with Crippen LogP contribution >= 0.6 is 23.2 Å². The normalized spacial score (nSPS) is 12.9. The molecule has 2 heterocycles. The molecule has 0 aliphatic heterocycles. The topological polar surface area (TPSA) is 79.0 Å². The lowest BCUT2D eigenvalue weighted by molar-refractivity contribution is 0.0694. The first-order valence-corrected chi connectivity index (χ1v) is 10.3. The average Bonchev–Trinajstić information content (AvgIpc) is 2.66. The molecule has 0 radical (unpaired) electrons. The summed E-state index contributed by atoms with van der Waals surface area (Å²) in [6.07, 6.45) is 2.05. The van der Waals surface area contributed by atoms with E-state index >= 15 is 0 Å². The number of aliphatic hydroxyl groups excluding tert-OH is 1. The van der Waals surface area contributed by atoms with Gasteiger partial charge in [-0.15, -0.1) is 0 Å². The van der Waals surface area contributed by atoms with Gasteiger partial charge in [0.2, 0.25) is 0 Å². The van der Waals surface area contributed by atoms with E-state index in [0.717, 1.165) is 11.1 Å². The minimum absolute atomic E-state index is 0.170. The second-order valence-corrected chi connectivity index (χ2v) is 9.19. The number of pyridine rings is 2. The molecule has 0 saturated heterocycles. The lowest BCUT2D eigenvalue weighted by Gasteiger charge is -2.30. The van der Waals surface area contributed by atoms with Crippen LogP contribution in [0.3, 0.4) is 0 Å². The molecule has 0 spiro atoms. The van der Waals surface area contributed by atoms with E-state index in [-0.39, 0.29) is 23.5 Å². The van der Waals surface area contributed by atoms with Crippen LogP contribution in [0.5, 0.6) is 0 Å². The highest BCUT2D eigenvalue weighted by Gasteiger charge is 2.29. The minimum Gasteiger partial charge on any atom is -0.477 e. The smallest absolute Gasteiger partial charge is 0.341 e. The fourth-order valence-electron chi connectivity index (χ4n) is 3.65. The van der Waals surface area contributed by atoms with E-state index in [9.17, 15) is 19.8 Å². The number of carboxylic acids is 1. The number of aromatic nitrogens is 1. The van der Waals surface area contributed by atoms with Crippen LogP contribution in [-0.4, -0.2) is 27.2 Å². The van der Waals surface area contributed by atoms with Crippen molar-refractivity contribution in [2.24, 2.45) is 5.41 Å². The van der Waals surface area contributed by atoms with Gasteiger partial charge in [0.1, 0.15) is 5.56 Å². The Hall–Kier alpha value is -2.34. The highest BCUT2D eigenvalue weighted by molar-refractivity contribution is 6.42. The molecule has 0 amide bonds. The van der Waals surface area contributed by atoms with Gasteiger partial charge < -0.3 is 10.2 Å². The standard InChI is InChI=1S/C23H23Cl2NO4/c1-23(2,3)17(12-27)15-10-16(22(29)30)21(28)26-11-13(7-8-19(15)26)9-14-5-4-6-18(24)20(14)25/h4-8,10-11,17,27H,9,12H2,1-3H3,(H,29,30)/t17-/m0/s1. The molecule has 1 atom stereocenters. The van der Waals surface area contributed by atoms with Crippen LogP contribution < -0.4 is 5.56 Å². The molecule has 0 unspecified atom stereocenters. The Morgan fingerprint density at radius 3 is 2.47 bits per heavy atom. The Labute approximate surface area is 184 Å². The summed E-state index contributed by atoms with van der Waals surface area (Å²) in [4.78, 5) is 24.6. The second kappa shape index (κ2) is 8.42. The first-order chi connectivity index (χ1) is 14.0. The average molecular weight is 448 g/mol. The van der Waals surface area contributed by atoms with E-state index in [1.807, 2.05) is 32.9 Å². The molecule has 0 bridgehead atoms. The van der Waals surface area contributed by atoms with Gasteiger partial charge in [-0.05, 0) is 40.3 Å². The Morgan fingerprint density at radius 1 is 1.17 bits per heavy atom. The molecule has 3 aromatic rings. The second-order valence-electron chi connectivity index (χ2n) is 8.41. The maximum Gasteiger partial charge on any atom is 0.341 e. The van der Waals surface area contributed by atoms with E-state index < -0.39 is 11.5 Å². The molecule has 2 aromatic heterocycles. The highest BCUT2D eigenvalue weighted by atomic mass is 35.5. The van der Waals surface area contributed by atoms with Gasteiger partial charge in [-0.25, -0.2) is 4.79 Å². The van der Waals surface area contributed by atoms with E-state index in [1.54, 1.807) is 24.4 Å². The van der Waals surface area contributed by atoms with Gasteiger partial charge in [0.25, 0.3) is 5.56 Å². The van der Waals surface area contributed by atoms with Crippen LogP contribution in [-0.2, 0) is 6.42 Å². The number of halogens is 2. The lowest BCUT2D eigenvalue weighted by atomic mass is 9.76. The summed E-state index contributed by atoms with van der Waals surface area (Å²) in [6.45, 7) is 5.72. The minimum atomic E-state index is -1.30. The van der Waals surface area contributed by atoms with Crippen molar-refractivity contribution in [3.05, 3.63) is 85.2 Å². The van der Waals surface area contributed by atoms with Crippen LogP contribution in [0.4, 0.5) is 0 Å². The Morgan fingerprint density at radius 2 is 1.87 bits per heavy atom. The van der Waals surface area contributed by atoms with Gasteiger partial charge in [0, 0.05) is 18.5 Å². The van der Waals surface area contributed by atoms with Crippen molar-refractivity contribution >= 4 is 34.7 Å². The highest BCUT2D eigenvalue weighted by Crippen LogP contribution is 2.37. The maximum absolute atomic E-state index is 12.9. The first kappa shape index (κ1) is 22.3. The van der Waals surface area contributed by atoms with Crippen molar-refractivity contribution < 1.29 is 15.0 Å². The number of carbonyl (C=O) groups is 1. The van der Waals surface area contributed by atoms with E-state index in [4.69, 9.17) is 23.2 Å². The number of aliphatic hydroxyl groups is 1. The third-order valence-electron chi connectivity index (χ3n) is 5.31. The number of aromatic carboxylic acids is 1. The summed E-state index contributed by atoms with van der Waals surface area (Å²) in [6, 6.07) is 10.4. The number of hydrogen-bond acceptors (Lipinski definition) is 3. The molecule has 5 nitrogen and oxygen atoms in total. The van der Waals surface area contributed by atoms with E-state index in [1.165, 1.54) is 10.5 Å². The fourth-order valence-corrected chi connectivity index (χ4v) is 4.04. The number of benzene rings is 1. The van der Waals surface area contributed by atoms with Gasteiger partial charge in [0.05, 0.1) is 22.2 Å². The zero-order valence-electron chi connectivity index (χ0n) is 16.9. The van der Waals surface area contributed by atoms with Gasteiger partial charge in [-0.3, -0.25) is 9.20 Å². The van der Waals surface area contributed by atoms with Crippen molar-refractivity contribution in [3.63, 3.8) is 0 Å². The number of fused-ring (bicyclic) bond motifs is 1. The molecule has 2 N–H and O–H groups in total. The van der Waals surface area contributed by atoms with Crippen LogP contribution in [0.25, 0.3) is 5.52 Å². The predicted molar refractivity (Wildman–Crippen MR) is 119 cm³/mol. The van der Waals surface area contributed by atoms with Gasteiger partial charge in [-0.2, -0.15) is 0 Å². The molecular formula is C23H23Cl2NO4. The van der Waals surface area contributed by atoms with Crippen molar-refractivity contribution in [1.29, 1.82) is 0 Å². The third kappa shape index (κ3) is 4.24. The van der Waals surface area contributed by atoms with Crippen molar-refractivity contribution in [3.8, 4) is 0 Å². The molecule has 0 aliphatic carbocycles.